The Morgan fingerprint density at radius 2 is 1.85 bits per heavy atom. The van der Waals surface area contributed by atoms with Gasteiger partial charge in [-0.15, -0.1) is 0 Å². The van der Waals surface area contributed by atoms with Gasteiger partial charge in [-0.3, -0.25) is 4.90 Å². The number of nitrogens with one attached hydrogen (secondary N) is 1. The Bertz CT molecular complexity index is 1010. The molecule has 0 saturated carbocycles. The van der Waals surface area contributed by atoms with E-state index in [0.29, 0.717) is 12.1 Å². The summed E-state index contributed by atoms with van der Waals surface area (Å²) in [5.74, 6) is -1.77. The summed E-state index contributed by atoms with van der Waals surface area (Å²) in [7, 11) is 0. The molecule has 2 aromatic carbocycles. The minimum Gasteiger partial charge on any atom is -0.357 e. The summed E-state index contributed by atoms with van der Waals surface area (Å²) in [6.07, 6.45) is -4.12. The van der Waals surface area contributed by atoms with E-state index in [1.807, 2.05) is 12.1 Å². The monoisotopic (exact) mass is 444 g/mol. The predicted molar refractivity (Wildman–Crippen MR) is 95.5 cm³/mol. The van der Waals surface area contributed by atoms with Crippen LogP contribution >= 0.6 is 15.9 Å². The van der Waals surface area contributed by atoms with Crippen LogP contribution in [0, 0.1) is 11.6 Å². The van der Waals surface area contributed by atoms with Crippen molar-refractivity contribution in [2.75, 3.05) is 13.1 Å². The number of fused-ring (bicyclic) bond motifs is 3. The fourth-order valence-corrected chi connectivity index (χ4v) is 4.16. The zero-order valence-electron chi connectivity index (χ0n) is 13.9. The molecule has 1 aliphatic heterocycles. The SMILES string of the molecule is Fc1ccc(Br)c(F)c1C1c2[nH]c3ccccc3c2CCN1CC(F)(F)F. The predicted octanol–water partition coefficient (Wildman–Crippen LogP) is 5.72. The first-order valence-corrected chi connectivity index (χ1v) is 9.09. The number of para-hydroxylation sites is 1. The average molecular weight is 445 g/mol. The highest BCUT2D eigenvalue weighted by molar-refractivity contribution is 9.10. The normalized spacial score (nSPS) is 18.1. The minimum absolute atomic E-state index is 0.00842. The summed E-state index contributed by atoms with van der Waals surface area (Å²) in [4.78, 5) is 4.17. The van der Waals surface area contributed by atoms with Crippen molar-refractivity contribution in [3.63, 3.8) is 0 Å². The van der Waals surface area contributed by atoms with Crippen LogP contribution < -0.4 is 0 Å². The van der Waals surface area contributed by atoms with Crippen molar-refractivity contribution in [3.05, 3.63) is 69.3 Å². The second kappa shape index (κ2) is 6.60. The van der Waals surface area contributed by atoms with Crippen LogP contribution in [0.15, 0.2) is 40.9 Å². The minimum atomic E-state index is -4.49. The van der Waals surface area contributed by atoms with Crippen molar-refractivity contribution in [2.24, 2.45) is 0 Å². The first kappa shape index (κ1) is 18.4. The molecular weight excluding hydrogens is 431 g/mol. The van der Waals surface area contributed by atoms with Crippen LogP contribution in [0.5, 0.6) is 0 Å². The zero-order chi connectivity index (χ0) is 19.3. The number of nitrogens with zero attached hydrogens (tertiary/aromatic N) is 1. The van der Waals surface area contributed by atoms with Crippen molar-refractivity contribution in [1.82, 2.24) is 9.88 Å². The second-order valence-corrected chi connectivity index (χ2v) is 7.41. The Hall–Kier alpha value is -1.93. The topological polar surface area (TPSA) is 19.0 Å². The summed E-state index contributed by atoms with van der Waals surface area (Å²) < 4.78 is 68.8. The molecule has 1 N–H and O–H groups in total. The smallest absolute Gasteiger partial charge is 0.357 e. The van der Waals surface area contributed by atoms with Crippen LogP contribution in [-0.4, -0.2) is 29.1 Å². The van der Waals surface area contributed by atoms with Gasteiger partial charge in [-0.2, -0.15) is 13.2 Å². The molecule has 1 atom stereocenters. The quantitative estimate of drug-likeness (QED) is 0.395. The van der Waals surface area contributed by atoms with E-state index in [4.69, 9.17) is 0 Å². The van der Waals surface area contributed by atoms with Gasteiger partial charge in [-0.1, -0.05) is 18.2 Å². The molecular formula is C19H14BrF5N2. The van der Waals surface area contributed by atoms with Gasteiger partial charge in [0.1, 0.15) is 11.6 Å². The summed E-state index contributed by atoms with van der Waals surface area (Å²) in [5.41, 5.74) is 1.55. The number of H-pyrrole nitrogens is 1. The molecule has 0 fully saturated rings. The Kier molecular flexibility index (Phi) is 4.50. The average Bonchev–Trinajstić information content (AvgIpc) is 2.97. The number of rotatable bonds is 2. The molecule has 3 aromatic rings. The van der Waals surface area contributed by atoms with Gasteiger partial charge in [0.05, 0.1) is 17.1 Å². The van der Waals surface area contributed by atoms with E-state index in [-0.39, 0.29) is 16.6 Å². The third kappa shape index (κ3) is 3.25. The molecule has 27 heavy (non-hydrogen) atoms. The van der Waals surface area contributed by atoms with Crippen LogP contribution in [0.1, 0.15) is 22.9 Å². The Morgan fingerprint density at radius 3 is 2.59 bits per heavy atom. The molecule has 142 valence electrons. The van der Waals surface area contributed by atoms with Gasteiger partial charge in [0.2, 0.25) is 0 Å². The van der Waals surface area contributed by atoms with Gasteiger partial charge < -0.3 is 4.98 Å². The Balaban J connectivity index is 1.95. The molecule has 0 aliphatic carbocycles. The summed E-state index contributed by atoms with van der Waals surface area (Å²) in [5, 5.41) is 0.861. The fraction of sp³-hybridized carbons (Fsp3) is 0.263. The summed E-state index contributed by atoms with van der Waals surface area (Å²) in [6, 6.07) is 8.35. The van der Waals surface area contributed by atoms with Gasteiger partial charge >= 0.3 is 6.18 Å². The first-order valence-electron chi connectivity index (χ1n) is 8.30. The number of alkyl halides is 3. The van der Waals surface area contributed by atoms with Gasteiger partial charge in [-0.25, -0.2) is 8.78 Å². The maximum absolute atomic E-state index is 14.8. The molecule has 0 saturated heterocycles. The molecule has 1 aromatic heterocycles. The molecule has 2 heterocycles. The lowest BCUT2D eigenvalue weighted by Crippen LogP contribution is -2.42. The molecule has 0 radical (unpaired) electrons. The molecule has 0 amide bonds. The third-order valence-corrected chi connectivity index (χ3v) is 5.48. The standard InChI is InChI=1S/C19H14BrF5N2/c20-12-5-6-13(21)15(16(12)22)18-17-11(7-8-27(18)9-19(23,24)25)10-3-1-2-4-14(10)26-17/h1-6,18,26H,7-9H2. The van der Waals surface area contributed by atoms with E-state index in [1.165, 1.54) is 6.07 Å². The highest BCUT2D eigenvalue weighted by Crippen LogP contribution is 2.42. The molecule has 8 heteroatoms. The summed E-state index contributed by atoms with van der Waals surface area (Å²) >= 11 is 3.01. The highest BCUT2D eigenvalue weighted by Gasteiger charge is 2.41. The van der Waals surface area contributed by atoms with Crippen LogP contribution in [-0.2, 0) is 6.42 Å². The van der Waals surface area contributed by atoms with Crippen molar-refractivity contribution in [1.29, 1.82) is 0 Å². The van der Waals surface area contributed by atoms with Gasteiger partial charge in [0.25, 0.3) is 0 Å². The Morgan fingerprint density at radius 1 is 1.11 bits per heavy atom. The van der Waals surface area contributed by atoms with E-state index in [9.17, 15) is 22.0 Å². The third-order valence-electron chi connectivity index (χ3n) is 4.87. The number of halogens is 6. The van der Waals surface area contributed by atoms with Crippen LogP contribution in [0.2, 0.25) is 0 Å². The molecule has 0 spiro atoms. The van der Waals surface area contributed by atoms with Crippen LogP contribution in [0.3, 0.4) is 0 Å². The number of hydrogen-bond donors (Lipinski definition) is 1. The lowest BCUT2D eigenvalue weighted by molar-refractivity contribution is -0.150. The van der Waals surface area contributed by atoms with Crippen LogP contribution in [0.25, 0.3) is 10.9 Å². The first-order chi connectivity index (χ1) is 12.8. The van der Waals surface area contributed by atoms with E-state index in [2.05, 4.69) is 20.9 Å². The van der Waals surface area contributed by atoms with Gasteiger partial charge in [0.15, 0.2) is 0 Å². The number of aromatic amines is 1. The second-order valence-electron chi connectivity index (χ2n) is 6.56. The van der Waals surface area contributed by atoms with Crippen LogP contribution in [0.4, 0.5) is 22.0 Å². The lowest BCUT2D eigenvalue weighted by atomic mass is 9.91. The van der Waals surface area contributed by atoms with E-state index < -0.39 is 30.4 Å². The van der Waals surface area contributed by atoms with Crippen molar-refractivity contribution >= 4 is 26.8 Å². The molecule has 2 nitrogen and oxygen atoms in total. The Labute approximate surface area is 160 Å². The summed E-state index contributed by atoms with van der Waals surface area (Å²) in [6.45, 7) is -1.21. The van der Waals surface area contributed by atoms with E-state index in [0.717, 1.165) is 27.4 Å². The highest BCUT2D eigenvalue weighted by atomic mass is 79.9. The van der Waals surface area contributed by atoms with Crippen molar-refractivity contribution in [2.45, 2.75) is 18.6 Å². The maximum atomic E-state index is 14.8. The van der Waals surface area contributed by atoms with E-state index >= 15 is 0 Å². The van der Waals surface area contributed by atoms with Crippen molar-refractivity contribution in [3.8, 4) is 0 Å². The zero-order valence-corrected chi connectivity index (χ0v) is 15.5. The number of benzene rings is 2. The maximum Gasteiger partial charge on any atom is 0.401 e. The lowest BCUT2D eigenvalue weighted by Gasteiger charge is -2.36. The number of aromatic nitrogens is 1. The van der Waals surface area contributed by atoms with E-state index in [1.54, 1.807) is 12.1 Å². The van der Waals surface area contributed by atoms with Gasteiger partial charge in [-0.05, 0) is 46.1 Å². The molecule has 4 rings (SSSR count). The molecule has 1 unspecified atom stereocenters. The molecule has 1 aliphatic rings. The van der Waals surface area contributed by atoms with Gasteiger partial charge in [0, 0.05) is 28.7 Å². The number of hydrogen-bond acceptors (Lipinski definition) is 1. The largest absolute Gasteiger partial charge is 0.401 e. The fourth-order valence-electron chi connectivity index (χ4n) is 3.81. The molecule has 0 bridgehead atoms. The van der Waals surface area contributed by atoms with Crippen molar-refractivity contribution < 1.29 is 22.0 Å².